The Morgan fingerprint density at radius 1 is 0.250 bits per heavy atom. The molecule has 8 heteroatoms. The SMILES string of the molecule is [Cl-].[Cl-].[Cl-].[Cl-].[Cl-].[Cl-].[Re+3].[Re+3]. The van der Waals surface area contributed by atoms with Crippen LogP contribution in [0.5, 0.6) is 0 Å². The molecule has 0 unspecified atom stereocenters. The zero-order chi connectivity index (χ0) is 0. The van der Waals surface area contributed by atoms with Crippen LogP contribution in [0, 0.1) is 0 Å². The summed E-state index contributed by atoms with van der Waals surface area (Å²) in [7, 11) is 0. The van der Waals surface area contributed by atoms with Crippen LogP contribution >= 0.6 is 0 Å². The summed E-state index contributed by atoms with van der Waals surface area (Å²) in [5.74, 6) is 0. The smallest absolute Gasteiger partial charge is 1.00 e. The minimum atomic E-state index is 0. The predicted molar refractivity (Wildman–Crippen MR) is 0 cm³/mol. The first kappa shape index (κ1) is 119. The van der Waals surface area contributed by atoms with Crippen molar-refractivity contribution in [2.24, 2.45) is 0 Å². The zero-order valence-corrected chi connectivity index (χ0v) is 13.0. The first-order valence-electron chi connectivity index (χ1n) is 0. The van der Waals surface area contributed by atoms with Crippen molar-refractivity contribution >= 4 is 0 Å². The number of hydrogen-bond donors (Lipinski definition) is 0. The van der Waals surface area contributed by atoms with Crippen molar-refractivity contribution in [2.45, 2.75) is 0 Å². The molecule has 0 fully saturated rings. The number of rotatable bonds is 0. The van der Waals surface area contributed by atoms with Gasteiger partial charge in [-0.15, -0.1) is 0 Å². The van der Waals surface area contributed by atoms with Gasteiger partial charge in [0.15, 0.2) is 0 Å². The molecule has 0 atom stereocenters. The molecule has 0 saturated heterocycles. The normalized spacial score (nSPS) is 0. The van der Waals surface area contributed by atoms with Gasteiger partial charge in [-0.05, 0) is 0 Å². The van der Waals surface area contributed by atoms with Gasteiger partial charge in [0, 0.05) is 0 Å². The van der Waals surface area contributed by atoms with Gasteiger partial charge in [-0.25, -0.2) is 0 Å². The Labute approximate surface area is 114 Å². The van der Waals surface area contributed by atoms with Crippen molar-refractivity contribution in [1.82, 2.24) is 0 Å². The monoisotopic (exact) mass is 584 g/mol. The predicted octanol–water partition coefficient (Wildman–Crippen LogP) is -18.0. The molecule has 0 rings (SSSR count). The van der Waals surface area contributed by atoms with Gasteiger partial charge < -0.3 is 74.4 Å². The summed E-state index contributed by atoms with van der Waals surface area (Å²) in [6, 6.07) is 0. The van der Waals surface area contributed by atoms with Crippen LogP contribution in [0.15, 0.2) is 0 Å². The van der Waals surface area contributed by atoms with Crippen molar-refractivity contribution in [3.63, 3.8) is 0 Å². The van der Waals surface area contributed by atoms with E-state index in [2.05, 4.69) is 0 Å². The average molecular weight is 585 g/mol. The molecule has 8 heavy (non-hydrogen) atoms. The van der Waals surface area contributed by atoms with Crippen molar-refractivity contribution in [3.05, 3.63) is 0 Å². The molecule has 0 N–H and O–H groups in total. The van der Waals surface area contributed by atoms with Crippen LogP contribution in [0.3, 0.4) is 0 Å². The summed E-state index contributed by atoms with van der Waals surface area (Å²) in [6.07, 6.45) is 0. The van der Waals surface area contributed by atoms with E-state index >= 15 is 0 Å². The van der Waals surface area contributed by atoms with Crippen LogP contribution < -0.4 is 74.4 Å². The van der Waals surface area contributed by atoms with E-state index in [0.29, 0.717) is 0 Å². The molecule has 0 aliphatic rings. The Bertz CT molecular complexity index is 6.49. The van der Waals surface area contributed by atoms with Crippen molar-refractivity contribution in [3.8, 4) is 0 Å². The Morgan fingerprint density at radius 3 is 0.250 bits per heavy atom. The summed E-state index contributed by atoms with van der Waals surface area (Å²) in [6.45, 7) is 0. The van der Waals surface area contributed by atoms with Crippen LogP contribution in [0.1, 0.15) is 0 Å². The van der Waals surface area contributed by atoms with Crippen LogP contribution in [-0.4, -0.2) is 0 Å². The fourth-order valence-electron chi connectivity index (χ4n) is 0. The molecule has 0 aliphatic heterocycles. The average Bonchev–Trinajstić information content (AvgIpc) is 0. The van der Waals surface area contributed by atoms with E-state index in [9.17, 15) is 0 Å². The molecular formula is Cl6Re2. The van der Waals surface area contributed by atoms with Gasteiger partial charge >= 0.3 is 40.8 Å². The van der Waals surface area contributed by atoms with Gasteiger partial charge in [0.05, 0.1) is 0 Å². The molecule has 0 aromatic rings. The van der Waals surface area contributed by atoms with Gasteiger partial charge in [0.2, 0.25) is 0 Å². The van der Waals surface area contributed by atoms with Gasteiger partial charge in [-0.2, -0.15) is 0 Å². The second-order valence-electron chi connectivity index (χ2n) is 0. The van der Waals surface area contributed by atoms with Gasteiger partial charge in [0.1, 0.15) is 0 Å². The number of hydrogen-bond acceptors (Lipinski definition) is 0. The van der Waals surface area contributed by atoms with Crippen molar-refractivity contribution in [1.29, 1.82) is 0 Å². The van der Waals surface area contributed by atoms with Crippen LogP contribution in [-0.2, 0) is 40.8 Å². The van der Waals surface area contributed by atoms with E-state index in [0.717, 1.165) is 0 Å². The topological polar surface area (TPSA) is 0 Å². The third-order valence-corrected chi connectivity index (χ3v) is 0. The molecule has 0 aliphatic carbocycles. The zero-order valence-electron chi connectivity index (χ0n) is 3.02. The Balaban J connectivity index is 0. The molecule has 0 aromatic carbocycles. The fourth-order valence-corrected chi connectivity index (χ4v) is 0. The molecule has 0 bridgehead atoms. The quantitative estimate of drug-likeness (QED) is 0.265. The van der Waals surface area contributed by atoms with Gasteiger partial charge in [-0.1, -0.05) is 0 Å². The molecule has 0 heterocycles. The Hall–Kier alpha value is 3.06. The molecule has 0 saturated carbocycles. The van der Waals surface area contributed by atoms with Gasteiger partial charge in [0.25, 0.3) is 0 Å². The van der Waals surface area contributed by atoms with E-state index in [1.807, 2.05) is 0 Å². The summed E-state index contributed by atoms with van der Waals surface area (Å²) >= 11 is 0. The van der Waals surface area contributed by atoms with E-state index in [4.69, 9.17) is 0 Å². The molecule has 56 valence electrons. The van der Waals surface area contributed by atoms with E-state index in [-0.39, 0.29) is 115 Å². The molecule has 0 radical (unpaired) electrons. The minimum absolute atomic E-state index is 0. The first-order chi connectivity index (χ1) is 0. The molecule has 0 nitrogen and oxygen atoms in total. The standard InChI is InChI=1S/6ClH.2Re/h6*1H;;/q;;;;;;2*+3/p-6. The minimum Gasteiger partial charge on any atom is -1.00 e. The fraction of sp³-hybridized carbons (Fsp3) is 0. The van der Waals surface area contributed by atoms with E-state index < -0.39 is 0 Å². The largest absolute Gasteiger partial charge is 3.00 e. The van der Waals surface area contributed by atoms with Crippen molar-refractivity contribution in [2.75, 3.05) is 0 Å². The maximum absolute atomic E-state index is 0. The van der Waals surface area contributed by atoms with Gasteiger partial charge in [-0.3, -0.25) is 0 Å². The Kier molecular flexibility index (Phi) is 1310. The second-order valence-corrected chi connectivity index (χ2v) is 0. The van der Waals surface area contributed by atoms with Crippen LogP contribution in [0.4, 0.5) is 0 Å². The van der Waals surface area contributed by atoms with Crippen LogP contribution in [0.25, 0.3) is 0 Å². The molecule has 0 amide bonds. The third kappa shape index (κ3) is 62.8. The third-order valence-electron chi connectivity index (χ3n) is 0. The van der Waals surface area contributed by atoms with E-state index in [1.54, 1.807) is 0 Å². The number of halogens is 6. The summed E-state index contributed by atoms with van der Waals surface area (Å²) < 4.78 is 0. The molecular weight excluding hydrogens is 585 g/mol. The first-order valence-corrected chi connectivity index (χ1v) is 0. The molecule has 0 spiro atoms. The Morgan fingerprint density at radius 2 is 0.250 bits per heavy atom. The molecule has 0 aromatic heterocycles. The van der Waals surface area contributed by atoms with E-state index in [1.165, 1.54) is 0 Å². The summed E-state index contributed by atoms with van der Waals surface area (Å²) in [5.41, 5.74) is 0. The maximum Gasteiger partial charge on any atom is 3.00 e. The summed E-state index contributed by atoms with van der Waals surface area (Å²) in [4.78, 5) is 0. The van der Waals surface area contributed by atoms with Crippen LogP contribution in [0.2, 0.25) is 0 Å². The maximum atomic E-state index is 0. The second kappa shape index (κ2) is 88.1. The summed E-state index contributed by atoms with van der Waals surface area (Å²) in [5, 5.41) is 0. The van der Waals surface area contributed by atoms with Crippen molar-refractivity contribution < 1.29 is 115 Å².